The Labute approximate surface area is 134 Å². The molecule has 0 saturated carbocycles. The van der Waals surface area contributed by atoms with E-state index in [0.29, 0.717) is 5.92 Å². The maximum absolute atomic E-state index is 12.8. The van der Waals surface area contributed by atoms with Gasteiger partial charge in [0, 0.05) is 25.2 Å². The SMILES string of the molecule is O=C(c1cccc([C@@H]2CCCNC2)c1)N1CCCCCCC1. The van der Waals surface area contributed by atoms with Gasteiger partial charge in [0.1, 0.15) is 0 Å². The summed E-state index contributed by atoms with van der Waals surface area (Å²) < 4.78 is 0. The molecule has 2 heterocycles. The van der Waals surface area contributed by atoms with Crippen molar-refractivity contribution in [3.8, 4) is 0 Å². The summed E-state index contributed by atoms with van der Waals surface area (Å²) in [7, 11) is 0. The van der Waals surface area contributed by atoms with Crippen molar-refractivity contribution in [3.05, 3.63) is 35.4 Å². The van der Waals surface area contributed by atoms with Gasteiger partial charge in [-0.2, -0.15) is 0 Å². The Balaban J connectivity index is 1.71. The highest BCUT2D eigenvalue weighted by molar-refractivity contribution is 5.94. The van der Waals surface area contributed by atoms with Crippen LogP contribution in [-0.4, -0.2) is 37.0 Å². The highest BCUT2D eigenvalue weighted by Gasteiger charge is 2.19. The summed E-state index contributed by atoms with van der Waals surface area (Å²) in [5.41, 5.74) is 2.20. The van der Waals surface area contributed by atoms with Crippen LogP contribution in [0.25, 0.3) is 0 Å². The minimum Gasteiger partial charge on any atom is -0.339 e. The Morgan fingerprint density at radius 1 is 1.05 bits per heavy atom. The molecule has 22 heavy (non-hydrogen) atoms. The summed E-state index contributed by atoms with van der Waals surface area (Å²) >= 11 is 0. The predicted octanol–water partition coefficient (Wildman–Crippen LogP) is 3.56. The third-order valence-corrected chi connectivity index (χ3v) is 5.05. The zero-order valence-electron chi connectivity index (χ0n) is 13.5. The lowest BCUT2D eigenvalue weighted by atomic mass is 9.90. The Hall–Kier alpha value is -1.35. The maximum Gasteiger partial charge on any atom is 0.253 e. The first-order chi connectivity index (χ1) is 10.8. The summed E-state index contributed by atoms with van der Waals surface area (Å²) in [5, 5.41) is 3.47. The third kappa shape index (κ3) is 3.89. The molecular formula is C19H28N2O. The average molecular weight is 300 g/mol. The van der Waals surface area contributed by atoms with Crippen LogP contribution in [0.4, 0.5) is 0 Å². The summed E-state index contributed by atoms with van der Waals surface area (Å²) in [6.07, 6.45) is 8.61. The first-order valence-corrected chi connectivity index (χ1v) is 8.94. The molecule has 0 aliphatic carbocycles. The molecule has 1 atom stereocenters. The summed E-state index contributed by atoms with van der Waals surface area (Å²) in [5.74, 6) is 0.793. The second-order valence-electron chi connectivity index (χ2n) is 6.73. The van der Waals surface area contributed by atoms with E-state index in [4.69, 9.17) is 0 Å². The fourth-order valence-electron chi connectivity index (χ4n) is 3.70. The number of hydrogen-bond donors (Lipinski definition) is 1. The van der Waals surface area contributed by atoms with Crippen molar-refractivity contribution in [3.63, 3.8) is 0 Å². The molecule has 0 bridgehead atoms. The molecule has 0 unspecified atom stereocenters. The molecule has 120 valence electrons. The van der Waals surface area contributed by atoms with Gasteiger partial charge in [0.15, 0.2) is 0 Å². The van der Waals surface area contributed by atoms with Crippen LogP contribution >= 0.6 is 0 Å². The molecule has 2 saturated heterocycles. The highest BCUT2D eigenvalue weighted by atomic mass is 16.2. The summed E-state index contributed by atoms with van der Waals surface area (Å²) in [6.45, 7) is 4.02. The van der Waals surface area contributed by atoms with Crippen molar-refractivity contribution >= 4 is 5.91 Å². The second-order valence-corrected chi connectivity index (χ2v) is 6.73. The van der Waals surface area contributed by atoms with Crippen LogP contribution in [0.3, 0.4) is 0 Å². The van der Waals surface area contributed by atoms with Crippen LogP contribution in [-0.2, 0) is 0 Å². The van der Waals surface area contributed by atoms with Gasteiger partial charge >= 0.3 is 0 Å². The van der Waals surface area contributed by atoms with Crippen LogP contribution in [0.1, 0.15) is 66.8 Å². The quantitative estimate of drug-likeness (QED) is 0.905. The van der Waals surface area contributed by atoms with E-state index in [2.05, 4.69) is 28.4 Å². The van der Waals surface area contributed by atoms with Gasteiger partial charge in [-0.05, 0) is 55.8 Å². The minimum absolute atomic E-state index is 0.229. The average Bonchev–Trinajstić information content (AvgIpc) is 2.55. The van der Waals surface area contributed by atoms with Crippen LogP contribution in [0.15, 0.2) is 24.3 Å². The topological polar surface area (TPSA) is 32.3 Å². The smallest absolute Gasteiger partial charge is 0.253 e. The summed E-state index contributed by atoms with van der Waals surface area (Å²) in [6, 6.07) is 8.36. The van der Waals surface area contributed by atoms with Crippen LogP contribution in [0, 0.1) is 0 Å². The van der Waals surface area contributed by atoms with Crippen molar-refractivity contribution in [1.29, 1.82) is 0 Å². The van der Waals surface area contributed by atoms with Crippen molar-refractivity contribution in [2.24, 2.45) is 0 Å². The number of hydrogen-bond acceptors (Lipinski definition) is 2. The zero-order chi connectivity index (χ0) is 15.2. The Kier molecular flexibility index (Phi) is 5.49. The molecule has 3 rings (SSSR count). The molecule has 0 radical (unpaired) electrons. The molecule has 0 aromatic heterocycles. The predicted molar refractivity (Wildman–Crippen MR) is 90.3 cm³/mol. The molecule has 2 fully saturated rings. The molecule has 3 heteroatoms. The number of nitrogens with zero attached hydrogens (tertiary/aromatic N) is 1. The standard InChI is InChI=1S/C19H28N2O/c22-19(21-12-4-2-1-3-5-13-21)17-9-6-8-16(14-17)18-10-7-11-20-15-18/h6,8-9,14,18,20H,1-5,7,10-13,15H2/t18-/m1/s1. The van der Waals surface area contributed by atoms with E-state index in [1.165, 1.54) is 37.7 Å². The molecule has 1 amide bonds. The van der Waals surface area contributed by atoms with Gasteiger partial charge in [-0.25, -0.2) is 0 Å². The van der Waals surface area contributed by atoms with E-state index in [-0.39, 0.29) is 5.91 Å². The lowest BCUT2D eigenvalue weighted by Crippen LogP contribution is -2.34. The number of carbonyl (C=O) groups is 1. The maximum atomic E-state index is 12.8. The van der Waals surface area contributed by atoms with E-state index < -0.39 is 0 Å². The molecule has 3 nitrogen and oxygen atoms in total. The Bertz CT molecular complexity index is 486. The van der Waals surface area contributed by atoms with E-state index in [9.17, 15) is 4.79 Å². The lowest BCUT2D eigenvalue weighted by molar-refractivity contribution is 0.0742. The van der Waals surface area contributed by atoms with E-state index >= 15 is 0 Å². The fraction of sp³-hybridized carbons (Fsp3) is 0.632. The number of nitrogens with one attached hydrogen (secondary N) is 1. The van der Waals surface area contributed by atoms with Gasteiger partial charge in [0.25, 0.3) is 5.91 Å². The largest absolute Gasteiger partial charge is 0.339 e. The van der Waals surface area contributed by atoms with Crippen LogP contribution in [0.5, 0.6) is 0 Å². The molecule has 1 N–H and O–H groups in total. The number of benzene rings is 1. The monoisotopic (exact) mass is 300 g/mol. The fourth-order valence-corrected chi connectivity index (χ4v) is 3.70. The second kappa shape index (κ2) is 7.77. The number of rotatable bonds is 2. The third-order valence-electron chi connectivity index (χ3n) is 5.05. The first-order valence-electron chi connectivity index (χ1n) is 8.94. The van der Waals surface area contributed by atoms with Crippen molar-refractivity contribution < 1.29 is 4.79 Å². The molecule has 1 aromatic rings. The number of piperidine rings is 1. The normalized spacial score (nSPS) is 23.6. The van der Waals surface area contributed by atoms with Gasteiger partial charge in [-0.3, -0.25) is 4.79 Å². The highest BCUT2D eigenvalue weighted by Crippen LogP contribution is 2.24. The lowest BCUT2D eigenvalue weighted by Gasteiger charge is -2.26. The van der Waals surface area contributed by atoms with E-state index in [1.807, 2.05) is 6.07 Å². The minimum atomic E-state index is 0.229. The molecule has 0 spiro atoms. The molecular weight excluding hydrogens is 272 g/mol. The van der Waals surface area contributed by atoms with Crippen LogP contribution in [0.2, 0.25) is 0 Å². The molecule has 2 aliphatic rings. The van der Waals surface area contributed by atoms with Crippen molar-refractivity contribution in [2.75, 3.05) is 26.2 Å². The van der Waals surface area contributed by atoms with Gasteiger partial charge in [-0.1, -0.05) is 31.4 Å². The zero-order valence-corrected chi connectivity index (χ0v) is 13.5. The first kappa shape index (κ1) is 15.5. The number of carbonyl (C=O) groups excluding carboxylic acids is 1. The van der Waals surface area contributed by atoms with Gasteiger partial charge in [-0.15, -0.1) is 0 Å². The van der Waals surface area contributed by atoms with Crippen LogP contribution < -0.4 is 5.32 Å². The van der Waals surface area contributed by atoms with Crippen molar-refractivity contribution in [1.82, 2.24) is 10.2 Å². The Morgan fingerprint density at radius 2 is 1.82 bits per heavy atom. The van der Waals surface area contributed by atoms with E-state index in [1.54, 1.807) is 0 Å². The summed E-state index contributed by atoms with van der Waals surface area (Å²) in [4.78, 5) is 14.9. The van der Waals surface area contributed by atoms with Gasteiger partial charge in [0.05, 0.1) is 0 Å². The molecule has 2 aliphatic heterocycles. The Morgan fingerprint density at radius 3 is 2.55 bits per heavy atom. The molecule has 1 aromatic carbocycles. The van der Waals surface area contributed by atoms with Gasteiger partial charge < -0.3 is 10.2 Å². The number of amides is 1. The van der Waals surface area contributed by atoms with Crippen molar-refractivity contribution in [2.45, 2.75) is 50.9 Å². The van der Waals surface area contributed by atoms with Gasteiger partial charge in [0.2, 0.25) is 0 Å². The van der Waals surface area contributed by atoms with E-state index in [0.717, 1.165) is 44.6 Å². The number of likely N-dealkylation sites (tertiary alicyclic amines) is 1.